The summed E-state index contributed by atoms with van der Waals surface area (Å²) in [4.78, 5) is 14.2. The standard InChI is InChI=1S/C17H25NO3/c1-2-21-14-6-11-18-12-9-17(10-13-18,16(19)20)15-7-4-3-5-8-15/h3-5,7-8H,2,6,9-14H2,1H3,(H,19,20). The largest absolute Gasteiger partial charge is 0.481 e. The van der Waals surface area contributed by atoms with E-state index in [-0.39, 0.29) is 0 Å². The van der Waals surface area contributed by atoms with Gasteiger partial charge in [-0.3, -0.25) is 4.79 Å². The summed E-state index contributed by atoms with van der Waals surface area (Å²) in [5, 5.41) is 9.74. The maximum Gasteiger partial charge on any atom is 0.314 e. The maximum absolute atomic E-state index is 11.8. The fourth-order valence-electron chi connectivity index (χ4n) is 3.08. The van der Waals surface area contributed by atoms with Crippen molar-refractivity contribution in [2.24, 2.45) is 0 Å². The highest BCUT2D eigenvalue weighted by molar-refractivity contribution is 5.81. The van der Waals surface area contributed by atoms with E-state index in [0.717, 1.165) is 44.8 Å². The lowest BCUT2D eigenvalue weighted by Crippen LogP contribution is -2.47. The van der Waals surface area contributed by atoms with E-state index in [9.17, 15) is 9.90 Å². The first-order valence-electron chi connectivity index (χ1n) is 7.78. The Morgan fingerprint density at radius 3 is 2.52 bits per heavy atom. The lowest BCUT2D eigenvalue weighted by atomic mass is 9.73. The Kier molecular flexibility index (Phi) is 5.76. The van der Waals surface area contributed by atoms with Gasteiger partial charge in [-0.25, -0.2) is 0 Å². The normalized spacial score (nSPS) is 18.5. The van der Waals surface area contributed by atoms with Crippen LogP contribution < -0.4 is 0 Å². The first-order valence-corrected chi connectivity index (χ1v) is 7.78. The van der Waals surface area contributed by atoms with Crippen LogP contribution in [0.4, 0.5) is 0 Å². The van der Waals surface area contributed by atoms with Crippen molar-refractivity contribution in [1.29, 1.82) is 0 Å². The molecule has 1 aliphatic rings. The minimum Gasteiger partial charge on any atom is -0.481 e. The Morgan fingerprint density at radius 1 is 1.29 bits per heavy atom. The van der Waals surface area contributed by atoms with Crippen molar-refractivity contribution in [3.63, 3.8) is 0 Å². The third-order valence-corrected chi connectivity index (χ3v) is 4.41. The molecule has 1 aliphatic heterocycles. The van der Waals surface area contributed by atoms with Crippen LogP contribution in [0.1, 0.15) is 31.7 Å². The van der Waals surface area contributed by atoms with E-state index in [1.54, 1.807) is 0 Å². The van der Waals surface area contributed by atoms with Gasteiger partial charge in [0.25, 0.3) is 0 Å². The lowest BCUT2D eigenvalue weighted by molar-refractivity contribution is -0.146. The molecule has 0 bridgehead atoms. The van der Waals surface area contributed by atoms with Crippen LogP contribution in [0.5, 0.6) is 0 Å². The molecule has 0 unspecified atom stereocenters. The van der Waals surface area contributed by atoms with E-state index in [4.69, 9.17) is 4.74 Å². The molecule has 21 heavy (non-hydrogen) atoms. The molecule has 1 fully saturated rings. The summed E-state index contributed by atoms with van der Waals surface area (Å²) in [6.45, 7) is 6.22. The van der Waals surface area contributed by atoms with Gasteiger partial charge in [0.15, 0.2) is 0 Å². The molecule has 0 saturated carbocycles. The number of hydrogen-bond donors (Lipinski definition) is 1. The third-order valence-electron chi connectivity index (χ3n) is 4.41. The van der Waals surface area contributed by atoms with Gasteiger partial charge in [-0.2, -0.15) is 0 Å². The van der Waals surface area contributed by atoms with Gasteiger partial charge in [-0.05, 0) is 44.8 Å². The predicted molar refractivity (Wildman–Crippen MR) is 82.5 cm³/mol. The van der Waals surface area contributed by atoms with Crippen LogP contribution >= 0.6 is 0 Å². The van der Waals surface area contributed by atoms with E-state index < -0.39 is 11.4 Å². The van der Waals surface area contributed by atoms with Crippen molar-refractivity contribution in [3.8, 4) is 0 Å². The molecule has 1 heterocycles. The molecule has 0 aromatic heterocycles. The molecule has 4 heteroatoms. The molecule has 4 nitrogen and oxygen atoms in total. The summed E-state index contributed by atoms with van der Waals surface area (Å²) < 4.78 is 5.35. The third kappa shape index (κ3) is 3.83. The number of aliphatic carboxylic acids is 1. The van der Waals surface area contributed by atoms with E-state index >= 15 is 0 Å². The summed E-state index contributed by atoms with van der Waals surface area (Å²) in [6.07, 6.45) is 2.38. The first-order chi connectivity index (χ1) is 10.2. The van der Waals surface area contributed by atoms with Gasteiger partial charge in [0.2, 0.25) is 0 Å². The van der Waals surface area contributed by atoms with E-state index in [0.29, 0.717) is 12.8 Å². The summed E-state index contributed by atoms with van der Waals surface area (Å²) in [5.74, 6) is -0.692. The monoisotopic (exact) mass is 291 g/mol. The second-order valence-electron chi connectivity index (χ2n) is 5.65. The number of carbonyl (C=O) groups is 1. The molecular weight excluding hydrogens is 266 g/mol. The number of ether oxygens (including phenoxy) is 1. The average Bonchev–Trinajstić information content (AvgIpc) is 2.53. The minimum atomic E-state index is -0.711. The first kappa shape index (κ1) is 16.0. The van der Waals surface area contributed by atoms with E-state index in [1.165, 1.54) is 0 Å². The van der Waals surface area contributed by atoms with Gasteiger partial charge in [-0.1, -0.05) is 30.3 Å². The Labute approximate surface area is 126 Å². The fraction of sp³-hybridized carbons (Fsp3) is 0.588. The minimum absolute atomic E-state index is 0.682. The van der Waals surface area contributed by atoms with Crippen molar-refractivity contribution in [2.45, 2.75) is 31.6 Å². The van der Waals surface area contributed by atoms with Crippen LogP contribution in [0, 0.1) is 0 Å². The van der Waals surface area contributed by atoms with Crippen molar-refractivity contribution in [2.75, 3.05) is 32.8 Å². The molecule has 116 valence electrons. The molecule has 2 rings (SSSR count). The van der Waals surface area contributed by atoms with Crippen molar-refractivity contribution in [3.05, 3.63) is 35.9 Å². The molecule has 1 saturated heterocycles. The Bertz CT molecular complexity index is 439. The lowest BCUT2D eigenvalue weighted by Gasteiger charge is -2.39. The highest BCUT2D eigenvalue weighted by Crippen LogP contribution is 2.35. The van der Waals surface area contributed by atoms with E-state index in [2.05, 4.69) is 4.90 Å². The van der Waals surface area contributed by atoms with Crippen LogP contribution in [-0.2, 0) is 14.9 Å². The van der Waals surface area contributed by atoms with Gasteiger partial charge in [0, 0.05) is 19.8 Å². The number of carboxylic acid groups (broad SMARTS) is 1. The van der Waals surface area contributed by atoms with Crippen LogP contribution in [0.25, 0.3) is 0 Å². The second kappa shape index (κ2) is 7.57. The van der Waals surface area contributed by atoms with Crippen LogP contribution in [0.15, 0.2) is 30.3 Å². The SMILES string of the molecule is CCOCCCN1CCC(C(=O)O)(c2ccccc2)CC1. The Balaban J connectivity index is 1.94. The van der Waals surface area contributed by atoms with Gasteiger partial charge in [-0.15, -0.1) is 0 Å². The van der Waals surface area contributed by atoms with E-state index in [1.807, 2.05) is 37.3 Å². The number of rotatable bonds is 7. The zero-order valence-corrected chi connectivity index (χ0v) is 12.8. The number of piperidine rings is 1. The maximum atomic E-state index is 11.8. The number of carboxylic acids is 1. The average molecular weight is 291 g/mol. The van der Waals surface area contributed by atoms with Crippen molar-refractivity contribution >= 4 is 5.97 Å². The molecular formula is C17H25NO3. The Morgan fingerprint density at radius 2 is 1.95 bits per heavy atom. The second-order valence-corrected chi connectivity index (χ2v) is 5.65. The molecule has 1 N–H and O–H groups in total. The van der Waals surface area contributed by atoms with Crippen LogP contribution in [-0.4, -0.2) is 48.8 Å². The molecule has 1 aromatic rings. The number of nitrogens with zero attached hydrogens (tertiary/aromatic N) is 1. The van der Waals surface area contributed by atoms with Crippen molar-refractivity contribution in [1.82, 2.24) is 4.90 Å². The summed E-state index contributed by atoms with van der Waals surface area (Å²) in [6, 6.07) is 9.67. The topological polar surface area (TPSA) is 49.8 Å². The zero-order chi connectivity index (χ0) is 15.1. The number of benzene rings is 1. The van der Waals surface area contributed by atoms with Crippen LogP contribution in [0.3, 0.4) is 0 Å². The summed E-state index contributed by atoms with van der Waals surface area (Å²) in [7, 11) is 0. The molecule has 0 atom stereocenters. The molecule has 0 spiro atoms. The summed E-state index contributed by atoms with van der Waals surface area (Å²) >= 11 is 0. The predicted octanol–water partition coefficient (Wildman–Crippen LogP) is 2.53. The number of likely N-dealkylation sites (tertiary alicyclic amines) is 1. The van der Waals surface area contributed by atoms with Gasteiger partial charge >= 0.3 is 5.97 Å². The number of hydrogen-bond acceptors (Lipinski definition) is 3. The molecule has 1 aromatic carbocycles. The Hall–Kier alpha value is -1.39. The molecule has 0 aliphatic carbocycles. The fourth-order valence-corrected chi connectivity index (χ4v) is 3.08. The quantitative estimate of drug-likeness (QED) is 0.784. The van der Waals surface area contributed by atoms with Gasteiger partial charge in [0.1, 0.15) is 0 Å². The highest BCUT2D eigenvalue weighted by atomic mass is 16.5. The molecule has 0 amide bonds. The van der Waals surface area contributed by atoms with Crippen LogP contribution in [0.2, 0.25) is 0 Å². The molecule has 0 radical (unpaired) electrons. The highest BCUT2D eigenvalue weighted by Gasteiger charge is 2.42. The zero-order valence-electron chi connectivity index (χ0n) is 12.8. The summed E-state index contributed by atoms with van der Waals surface area (Å²) in [5.41, 5.74) is 0.226. The van der Waals surface area contributed by atoms with Gasteiger partial charge < -0.3 is 14.7 Å². The van der Waals surface area contributed by atoms with Crippen molar-refractivity contribution < 1.29 is 14.6 Å². The smallest absolute Gasteiger partial charge is 0.314 e. The van der Waals surface area contributed by atoms with Gasteiger partial charge in [0.05, 0.1) is 5.41 Å².